The van der Waals surface area contributed by atoms with Crippen LogP contribution in [0.25, 0.3) is 0 Å². The first-order valence-corrected chi connectivity index (χ1v) is 7.61. The summed E-state index contributed by atoms with van der Waals surface area (Å²) in [5.74, 6) is 0.416. The maximum atomic E-state index is 12.1. The molecule has 0 bridgehead atoms. The first-order chi connectivity index (χ1) is 9.23. The molecule has 0 aliphatic carbocycles. The van der Waals surface area contributed by atoms with Crippen LogP contribution in [0.4, 0.5) is 0 Å². The van der Waals surface area contributed by atoms with Gasteiger partial charge in [-0.05, 0) is 31.9 Å². The average Bonchev–Trinajstić information content (AvgIpc) is 2.34. The van der Waals surface area contributed by atoms with Gasteiger partial charge in [0.2, 0.25) is 5.91 Å². The van der Waals surface area contributed by atoms with Crippen molar-refractivity contribution in [2.75, 3.05) is 25.9 Å². The Morgan fingerprint density at radius 2 is 1.86 bits per heavy atom. The van der Waals surface area contributed by atoms with Gasteiger partial charge in [0.25, 0.3) is 0 Å². The Balaban J connectivity index is 0.00000400. The van der Waals surface area contributed by atoms with Crippen LogP contribution in [-0.2, 0) is 4.79 Å². The number of carbonyl (C=O) groups excluding carboxylic acids is 1. The molecule has 1 aromatic rings. The molecule has 5 nitrogen and oxygen atoms in total. The third-order valence-electron chi connectivity index (χ3n) is 2.93. The topological polar surface area (TPSA) is 72.1 Å². The maximum absolute atomic E-state index is 12.1. The number of rotatable bonds is 6. The number of aromatic nitrogens is 2. The van der Waals surface area contributed by atoms with Crippen molar-refractivity contribution in [3.63, 3.8) is 0 Å². The molecule has 1 rings (SSSR count). The zero-order valence-corrected chi connectivity index (χ0v) is 15.0. The maximum Gasteiger partial charge on any atom is 0.232 e. The number of aryl methyl sites for hydroxylation is 2. The van der Waals surface area contributed by atoms with Crippen molar-refractivity contribution in [3.8, 4) is 0 Å². The Labute approximate surface area is 137 Å². The van der Waals surface area contributed by atoms with Crippen LogP contribution in [0.2, 0.25) is 0 Å². The Morgan fingerprint density at radius 1 is 1.33 bits per heavy atom. The van der Waals surface area contributed by atoms with Gasteiger partial charge in [0.1, 0.15) is 0 Å². The lowest BCUT2D eigenvalue weighted by atomic mass is 9.93. The van der Waals surface area contributed by atoms with E-state index in [4.69, 9.17) is 5.73 Å². The highest BCUT2D eigenvalue weighted by molar-refractivity contribution is 7.99. The lowest BCUT2D eigenvalue weighted by Gasteiger charge is -2.28. The molecule has 2 N–H and O–H groups in total. The third kappa shape index (κ3) is 7.11. The first-order valence-electron chi connectivity index (χ1n) is 6.62. The summed E-state index contributed by atoms with van der Waals surface area (Å²) in [7, 11) is 1.81. The summed E-state index contributed by atoms with van der Waals surface area (Å²) in [5.41, 5.74) is 7.47. The van der Waals surface area contributed by atoms with E-state index in [1.165, 1.54) is 11.8 Å². The number of thioether (sulfide) groups is 1. The van der Waals surface area contributed by atoms with Gasteiger partial charge in [-0.25, -0.2) is 9.97 Å². The second kappa shape index (κ2) is 8.56. The molecule has 0 unspecified atom stereocenters. The van der Waals surface area contributed by atoms with Crippen LogP contribution in [0.3, 0.4) is 0 Å². The molecule has 0 fully saturated rings. The molecule has 1 heterocycles. The smallest absolute Gasteiger partial charge is 0.232 e. The fourth-order valence-electron chi connectivity index (χ4n) is 1.79. The number of hydrogen-bond donors (Lipinski definition) is 1. The first kappa shape index (κ1) is 20.1. The lowest BCUT2D eigenvalue weighted by molar-refractivity contribution is -0.128. The number of halogens is 1. The highest BCUT2D eigenvalue weighted by atomic mass is 35.5. The van der Waals surface area contributed by atoms with E-state index in [9.17, 15) is 4.79 Å². The molecule has 7 heteroatoms. The van der Waals surface area contributed by atoms with Crippen LogP contribution < -0.4 is 5.73 Å². The molecule has 0 saturated heterocycles. The van der Waals surface area contributed by atoms with Crippen LogP contribution in [0.15, 0.2) is 11.2 Å². The predicted molar refractivity (Wildman–Crippen MR) is 90.0 cm³/mol. The quantitative estimate of drug-likeness (QED) is 0.637. The molecule has 0 atom stereocenters. The Hall–Kier alpha value is -0.850. The van der Waals surface area contributed by atoms with E-state index in [0.29, 0.717) is 24.0 Å². The minimum absolute atomic E-state index is 0. The second-order valence-corrected chi connectivity index (χ2v) is 6.78. The zero-order chi connectivity index (χ0) is 15.3. The van der Waals surface area contributed by atoms with Gasteiger partial charge in [-0.1, -0.05) is 25.6 Å². The van der Waals surface area contributed by atoms with E-state index in [1.807, 2.05) is 27.0 Å². The molecular weight excluding hydrogens is 308 g/mol. The minimum atomic E-state index is -0.0640. The number of nitrogens with zero attached hydrogens (tertiary/aromatic N) is 3. The molecule has 0 spiro atoms. The van der Waals surface area contributed by atoms with Crippen molar-refractivity contribution in [2.24, 2.45) is 11.1 Å². The fourth-order valence-corrected chi connectivity index (χ4v) is 2.68. The number of hydrogen-bond acceptors (Lipinski definition) is 5. The molecule has 0 aliphatic heterocycles. The van der Waals surface area contributed by atoms with Crippen LogP contribution in [0.1, 0.15) is 25.2 Å². The lowest BCUT2D eigenvalue weighted by Crippen LogP contribution is -2.40. The fraction of sp³-hybridized carbons (Fsp3) is 0.643. The van der Waals surface area contributed by atoms with Crippen molar-refractivity contribution in [2.45, 2.75) is 32.9 Å². The Bertz CT molecular complexity index is 462. The summed E-state index contributed by atoms with van der Waals surface area (Å²) in [6.45, 7) is 9.16. The normalized spacial score (nSPS) is 11.0. The second-order valence-electron chi connectivity index (χ2n) is 5.84. The molecule has 120 valence electrons. The summed E-state index contributed by atoms with van der Waals surface area (Å²) < 4.78 is 0. The van der Waals surface area contributed by atoms with Gasteiger partial charge in [0.15, 0.2) is 5.16 Å². The Morgan fingerprint density at radius 3 is 2.33 bits per heavy atom. The molecule has 1 aromatic heterocycles. The number of nitrogens with two attached hydrogens (primary N) is 1. The van der Waals surface area contributed by atoms with E-state index in [-0.39, 0.29) is 23.7 Å². The highest BCUT2D eigenvalue weighted by Crippen LogP contribution is 2.17. The highest BCUT2D eigenvalue weighted by Gasteiger charge is 2.21. The summed E-state index contributed by atoms with van der Waals surface area (Å²) in [6, 6.07) is 1.92. The van der Waals surface area contributed by atoms with Crippen LogP contribution in [0, 0.1) is 19.3 Å². The van der Waals surface area contributed by atoms with Gasteiger partial charge in [-0.15, -0.1) is 12.4 Å². The summed E-state index contributed by atoms with van der Waals surface area (Å²) in [6.07, 6.45) is 0. The van der Waals surface area contributed by atoms with Crippen LogP contribution in [-0.4, -0.2) is 46.7 Å². The summed E-state index contributed by atoms with van der Waals surface area (Å²) in [4.78, 5) is 22.4. The zero-order valence-electron chi connectivity index (χ0n) is 13.3. The van der Waals surface area contributed by atoms with Gasteiger partial charge < -0.3 is 10.6 Å². The molecule has 1 amide bonds. The van der Waals surface area contributed by atoms with Crippen LogP contribution in [0.5, 0.6) is 0 Å². The van der Waals surface area contributed by atoms with Gasteiger partial charge in [0, 0.05) is 25.0 Å². The standard InChI is InChI=1S/C14H24N4OS.ClH/c1-10-6-11(2)17-13(16-10)20-7-12(19)18(5)9-14(3,4)8-15;/h6H,7-9,15H2,1-5H3;1H. The number of carbonyl (C=O) groups is 1. The molecule has 0 radical (unpaired) electrons. The monoisotopic (exact) mass is 332 g/mol. The molecule has 0 saturated carbocycles. The van der Waals surface area contributed by atoms with Crippen molar-refractivity contribution in [1.82, 2.24) is 14.9 Å². The van der Waals surface area contributed by atoms with E-state index in [1.54, 1.807) is 4.90 Å². The van der Waals surface area contributed by atoms with Crippen molar-refractivity contribution < 1.29 is 4.79 Å². The molecule has 0 aliphatic rings. The van der Waals surface area contributed by atoms with Gasteiger partial charge in [0.05, 0.1) is 5.75 Å². The van der Waals surface area contributed by atoms with Gasteiger partial charge in [-0.3, -0.25) is 4.79 Å². The summed E-state index contributed by atoms with van der Waals surface area (Å²) >= 11 is 1.37. The third-order valence-corrected chi connectivity index (χ3v) is 3.76. The SMILES string of the molecule is Cc1cc(C)nc(SCC(=O)N(C)CC(C)(C)CN)n1.Cl. The van der Waals surface area contributed by atoms with Crippen LogP contribution >= 0.6 is 24.2 Å². The van der Waals surface area contributed by atoms with E-state index >= 15 is 0 Å². The minimum Gasteiger partial charge on any atom is -0.344 e. The molecular formula is C14H25ClN4OS. The molecule has 21 heavy (non-hydrogen) atoms. The summed E-state index contributed by atoms with van der Waals surface area (Å²) in [5, 5.41) is 0.655. The van der Waals surface area contributed by atoms with E-state index < -0.39 is 0 Å². The predicted octanol–water partition coefficient (Wildman–Crippen LogP) is 2.05. The largest absolute Gasteiger partial charge is 0.344 e. The van der Waals surface area contributed by atoms with E-state index in [2.05, 4.69) is 23.8 Å². The average molecular weight is 333 g/mol. The molecule has 0 aromatic carbocycles. The van der Waals surface area contributed by atoms with Crippen molar-refractivity contribution in [3.05, 3.63) is 17.5 Å². The van der Waals surface area contributed by atoms with Crippen molar-refractivity contribution >= 4 is 30.1 Å². The number of amides is 1. The van der Waals surface area contributed by atoms with E-state index in [0.717, 1.165) is 11.4 Å². The van der Waals surface area contributed by atoms with Crippen molar-refractivity contribution in [1.29, 1.82) is 0 Å². The Kier molecular flexibility index (Phi) is 8.21. The van der Waals surface area contributed by atoms with Gasteiger partial charge >= 0.3 is 0 Å². The van der Waals surface area contributed by atoms with Gasteiger partial charge in [-0.2, -0.15) is 0 Å².